The highest BCUT2D eigenvalue weighted by molar-refractivity contribution is 6.03. The first-order valence-corrected chi connectivity index (χ1v) is 8.48. The van der Waals surface area contributed by atoms with Crippen LogP contribution >= 0.6 is 0 Å². The number of aliphatic imine (C=N–C) groups is 1. The Hall–Kier alpha value is -2.82. The lowest BCUT2D eigenvalue weighted by atomic mass is 9.94. The van der Waals surface area contributed by atoms with Crippen molar-refractivity contribution in [2.75, 3.05) is 13.7 Å². The summed E-state index contributed by atoms with van der Waals surface area (Å²) in [4.78, 5) is 19.6. The number of nitrogens with zero attached hydrogens (tertiary/aromatic N) is 2. The number of hydrogen-bond acceptors (Lipinski definition) is 4. The summed E-state index contributed by atoms with van der Waals surface area (Å²) in [6.07, 6.45) is 2.66. The van der Waals surface area contributed by atoms with E-state index >= 15 is 0 Å². The lowest BCUT2D eigenvalue weighted by Crippen LogP contribution is -2.44. The maximum absolute atomic E-state index is 13.2. The highest BCUT2D eigenvalue weighted by atomic mass is 16.5. The van der Waals surface area contributed by atoms with E-state index < -0.39 is 0 Å². The molecule has 0 fully saturated rings. The van der Waals surface area contributed by atoms with Crippen LogP contribution in [0.5, 0.6) is 11.5 Å². The Bertz CT molecular complexity index is 860. The van der Waals surface area contributed by atoms with Crippen LogP contribution in [0.2, 0.25) is 0 Å². The fourth-order valence-electron chi connectivity index (χ4n) is 3.48. The third-order valence-corrected chi connectivity index (χ3v) is 4.75. The average Bonchev–Trinajstić information content (AvgIpc) is 2.77. The van der Waals surface area contributed by atoms with Gasteiger partial charge in [0.15, 0.2) is 11.5 Å². The molecule has 0 radical (unpaired) electrons. The Kier molecular flexibility index (Phi) is 3.92. The quantitative estimate of drug-likeness (QED) is 0.863. The number of methoxy groups -OCH3 is 1. The van der Waals surface area contributed by atoms with Gasteiger partial charge in [0.05, 0.1) is 31.0 Å². The van der Waals surface area contributed by atoms with E-state index in [1.807, 2.05) is 30.2 Å². The monoisotopic (exact) mass is 336 g/mol. The molecule has 0 aromatic heterocycles. The summed E-state index contributed by atoms with van der Waals surface area (Å²) in [6.45, 7) is 3.04. The first kappa shape index (κ1) is 15.7. The van der Waals surface area contributed by atoms with Crippen molar-refractivity contribution in [3.63, 3.8) is 0 Å². The van der Waals surface area contributed by atoms with Gasteiger partial charge in [-0.15, -0.1) is 0 Å². The number of benzene rings is 2. The van der Waals surface area contributed by atoms with Gasteiger partial charge in [0.2, 0.25) is 0 Å². The number of hydrogen-bond donors (Lipinski definition) is 0. The summed E-state index contributed by atoms with van der Waals surface area (Å²) in [5, 5.41) is 0. The van der Waals surface area contributed by atoms with Crippen LogP contribution < -0.4 is 9.47 Å². The molecule has 0 unspecified atom stereocenters. The van der Waals surface area contributed by atoms with Gasteiger partial charge in [-0.1, -0.05) is 24.3 Å². The molecule has 2 aromatic rings. The second-order valence-corrected chi connectivity index (χ2v) is 6.20. The molecular formula is C20H20N2O3. The largest absolute Gasteiger partial charge is 0.493 e. The van der Waals surface area contributed by atoms with Crippen LogP contribution in [0.25, 0.3) is 0 Å². The van der Waals surface area contributed by atoms with E-state index in [-0.39, 0.29) is 11.9 Å². The van der Waals surface area contributed by atoms with Crippen molar-refractivity contribution in [1.82, 2.24) is 4.90 Å². The molecule has 0 N–H and O–H groups in total. The maximum atomic E-state index is 13.2. The van der Waals surface area contributed by atoms with Gasteiger partial charge in [0, 0.05) is 18.8 Å². The predicted octanol–water partition coefficient (Wildman–Crippen LogP) is 3.38. The fourth-order valence-corrected chi connectivity index (χ4v) is 3.48. The van der Waals surface area contributed by atoms with Gasteiger partial charge in [0.1, 0.15) is 0 Å². The molecule has 1 amide bonds. The van der Waals surface area contributed by atoms with Gasteiger partial charge in [-0.3, -0.25) is 9.79 Å². The molecule has 5 heteroatoms. The summed E-state index contributed by atoms with van der Waals surface area (Å²) < 4.78 is 11.0. The molecule has 0 aliphatic carbocycles. The summed E-state index contributed by atoms with van der Waals surface area (Å²) in [5.41, 5.74) is 3.66. The zero-order chi connectivity index (χ0) is 17.4. The minimum absolute atomic E-state index is 0.0200. The van der Waals surface area contributed by atoms with Crippen molar-refractivity contribution in [1.29, 1.82) is 0 Å². The summed E-state index contributed by atoms with van der Waals surface area (Å²) in [6, 6.07) is 11.8. The molecule has 2 aliphatic heterocycles. The minimum Gasteiger partial charge on any atom is -0.493 e. The number of fused-ring (bicyclic) bond motifs is 3. The van der Waals surface area contributed by atoms with Gasteiger partial charge in [-0.2, -0.15) is 0 Å². The number of amides is 1. The fraction of sp³-hybridized carbons (Fsp3) is 0.300. The van der Waals surface area contributed by atoms with Crippen molar-refractivity contribution < 1.29 is 14.3 Å². The van der Waals surface area contributed by atoms with Crippen LogP contribution in [0.15, 0.2) is 41.4 Å². The van der Waals surface area contributed by atoms with Crippen LogP contribution in [-0.4, -0.2) is 36.8 Å². The molecule has 2 aromatic carbocycles. The normalized spacial score (nSPS) is 18.1. The first-order valence-electron chi connectivity index (χ1n) is 8.48. The predicted molar refractivity (Wildman–Crippen MR) is 96.1 cm³/mol. The Balaban J connectivity index is 1.77. The van der Waals surface area contributed by atoms with Crippen molar-refractivity contribution in [3.05, 3.63) is 53.1 Å². The molecule has 5 nitrogen and oxygen atoms in total. The number of rotatable bonds is 3. The molecule has 1 atom stereocenters. The second kappa shape index (κ2) is 6.24. The average molecular weight is 336 g/mol. The molecule has 128 valence electrons. The third kappa shape index (κ3) is 2.65. The van der Waals surface area contributed by atoms with Gasteiger partial charge in [-0.25, -0.2) is 0 Å². The van der Waals surface area contributed by atoms with Crippen LogP contribution in [0.3, 0.4) is 0 Å². The first-order chi connectivity index (χ1) is 12.2. The van der Waals surface area contributed by atoms with E-state index in [2.05, 4.69) is 17.1 Å². The zero-order valence-corrected chi connectivity index (χ0v) is 14.4. The zero-order valence-electron chi connectivity index (χ0n) is 14.4. The smallest absolute Gasteiger partial charge is 0.257 e. The molecular weight excluding hydrogens is 316 g/mol. The lowest BCUT2D eigenvalue weighted by molar-refractivity contribution is 0.0703. The maximum Gasteiger partial charge on any atom is 0.257 e. The Morgan fingerprint density at radius 1 is 1.20 bits per heavy atom. The molecule has 4 rings (SSSR count). The Labute approximate surface area is 146 Å². The van der Waals surface area contributed by atoms with Crippen molar-refractivity contribution in [2.24, 2.45) is 4.99 Å². The van der Waals surface area contributed by atoms with E-state index in [1.54, 1.807) is 19.2 Å². The summed E-state index contributed by atoms with van der Waals surface area (Å²) >= 11 is 0. The van der Waals surface area contributed by atoms with E-state index in [4.69, 9.17) is 9.47 Å². The van der Waals surface area contributed by atoms with E-state index in [0.29, 0.717) is 35.9 Å². The van der Waals surface area contributed by atoms with Gasteiger partial charge < -0.3 is 14.4 Å². The molecule has 2 aliphatic rings. The molecule has 0 saturated heterocycles. The minimum atomic E-state index is -0.0312. The van der Waals surface area contributed by atoms with E-state index in [1.165, 1.54) is 11.1 Å². The topological polar surface area (TPSA) is 51.1 Å². The highest BCUT2D eigenvalue weighted by Crippen LogP contribution is 2.38. The molecule has 25 heavy (non-hydrogen) atoms. The molecule has 0 saturated carbocycles. The van der Waals surface area contributed by atoms with Crippen LogP contribution in [0.4, 0.5) is 5.69 Å². The van der Waals surface area contributed by atoms with E-state index in [9.17, 15) is 4.79 Å². The standard InChI is InChI=1S/C20H20N2O3/c1-3-25-19-10-17-16(9-18(19)24-2)20(23)22-12-14-7-5-4-6-13(14)8-15(22)11-21-17/h4-7,9-11,15H,3,8,12H2,1-2H3/t15-/m0/s1. The van der Waals surface area contributed by atoms with Crippen molar-refractivity contribution in [3.8, 4) is 11.5 Å². The van der Waals surface area contributed by atoms with Crippen LogP contribution in [0, 0.1) is 0 Å². The molecule has 0 bridgehead atoms. The third-order valence-electron chi connectivity index (χ3n) is 4.75. The Morgan fingerprint density at radius 2 is 2.00 bits per heavy atom. The van der Waals surface area contributed by atoms with E-state index in [0.717, 1.165) is 6.42 Å². The van der Waals surface area contributed by atoms with Crippen LogP contribution in [-0.2, 0) is 13.0 Å². The summed E-state index contributed by atoms with van der Waals surface area (Å²) in [5.74, 6) is 1.14. The second-order valence-electron chi connectivity index (χ2n) is 6.20. The lowest BCUT2D eigenvalue weighted by Gasteiger charge is -2.34. The Morgan fingerprint density at radius 3 is 2.76 bits per heavy atom. The summed E-state index contributed by atoms with van der Waals surface area (Å²) in [7, 11) is 1.58. The SMILES string of the molecule is CCOc1cc2c(cc1OC)C(=O)N1Cc3ccccc3C[C@H]1C=N2. The molecule has 0 spiro atoms. The highest BCUT2D eigenvalue weighted by Gasteiger charge is 2.33. The molecule has 2 heterocycles. The van der Waals surface area contributed by atoms with Crippen molar-refractivity contribution >= 4 is 17.8 Å². The van der Waals surface area contributed by atoms with Crippen molar-refractivity contribution in [2.45, 2.75) is 25.9 Å². The van der Waals surface area contributed by atoms with Gasteiger partial charge in [-0.05, 0) is 30.5 Å². The number of carbonyl (C=O) groups excluding carboxylic acids is 1. The van der Waals surface area contributed by atoms with Crippen LogP contribution in [0.1, 0.15) is 28.4 Å². The number of carbonyl (C=O) groups is 1. The van der Waals surface area contributed by atoms with Gasteiger partial charge >= 0.3 is 0 Å². The van der Waals surface area contributed by atoms with Gasteiger partial charge in [0.25, 0.3) is 5.91 Å². The number of ether oxygens (including phenoxy) is 2.